The molecule has 6 heteroatoms. The van der Waals surface area contributed by atoms with Crippen molar-refractivity contribution in [3.05, 3.63) is 0 Å². The van der Waals surface area contributed by atoms with Gasteiger partial charge in [0.2, 0.25) is 0 Å². The van der Waals surface area contributed by atoms with Crippen molar-refractivity contribution in [1.82, 2.24) is 0 Å². The maximum atomic E-state index is 11.9. The van der Waals surface area contributed by atoms with Gasteiger partial charge in [0.1, 0.15) is 0 Å². The second-order valence-corrected chi connectivity index (χ2v) is 2.36. The predicted molar refractivity (Wildman–Crippen MR) is 35.5 cm³/mol. The number of nitrogens with two attached hydrogens (primary N) is 1. The van der Waals surface area contributed by atoms with Crippen LogP contribution in [-0.2, 0) is 4.79 Å². The molecule has 0 aliphatic heterocycles. The molecule has 0 spiro atoms. The van der Waals surface area contributed by atoms with Crippen LogP contribution in [0.3, 0.4) is 0 Å². The van der Waals surface area contributed by atoms with Gasteiger partial charge >= 0.3 is 12.1 Å². The van der Waals surface area contributed by atoms with Crippen LogP contribution in [0.5, 0.6) is 0 Å². The molecule has 0 amide bonds. The van der Waals surface area contributed by atoms with Gasteiger partial charge in [-0.15, -0.1) is 0 Å². The van der Waals surface area contributed by atoms with E-state index in [0.29, 0.717) is 0 Å². The lowest BCUT2D eigenvalue weighted by Crippen LogP contribution is -2.30. The topological polar surface area (TPSA) is 63.3 Å². The van der Waals surface area contributed by atoms with Gasteiger partial charge in [-0.05, 0) is 19.4 Å². The molecule has 0 aromatic carbocycles. The molecule has 0 saturated carbocycles. The molecule has 0 radical (unpaired) electrons. The number of aliphatic carboxylic acids is 1. The van der Waals surface area contributed by atoms with E-state index in [1.54, 1.807) is 0 Å². The summed E-state index contributed by atoms with van der Waals surface area (Å²) in [5, 5.41) is 8.17. The summed E-state index contributed by atoms with van der Waals surface area (Å²) in [4.78, 5) is 10.1. The molecule has 0 aliphatic rings. The minimum Gasteiger partial charge on any atom is -0.481 e. The highest BCUT2D eigenvalue weighted by Crippen LogP contribution is 2.29. The Bertz CT molecular complexity index is 157. The van der Waals surface area contributed by atoms with E-state index in [-0.39, 0.29) is 13.0 Å². The van der Waals surface area contributed by atoms with Gasteiger partial charge in [0, 0.05) is 0 Å². The molecule has 3 nitrogen and oxygen atoms in total. The number of carboxylic acid groups (broad SMARTS) is 1. The van der Waals surface area contributed by atoms with Crippen molar-refractivity contribution in [2.24, 2.45) is 11.7 Å². The minimum absolute atomic E-state index is 0.0659. The van der Waals surface area contributed by atoms with E-state index in [0.717, 1.165) is 0 Å². The Kier molecular flexibility index (Phi) is 4.02. The lowest BCUT2D eigenvalue weighted by molar-refractivity contribution is -0.194. The second kappa shape index (κ2) is 4.30. The Morgan fingerprint density at radius 3 is 2.25 bits per heavy atom. The van der Waals surface area contributed by atoms with Crippen molar-refractivity contribution in [3.8, 4) is 0 Å². The van der Waals surface area contributed by atoms with Gasteiger partial charge in [-0.2, -0.15) is 13.2 Å². The van der Waals surface area contributed by atoms with Gasteiger partial charge in [0.25, 0.3) is 0 Å². The SMILES string of the molecule is NCCCC(C(=O)O)C(F)(F)F. The van der Waals surface area contributed by atoms with Crippen LogP contribution in [0.4, 0.5) is 13.2 Å². The van der Waals surface area contributed by atoms with Crippen LogP contribution in [0.1, 0.15) is 12.8 Å². The van der Waals surface area contributed by atoms with Gasteiger partial charge in [0.05, 0.1) is 0 Å². The van der Waals surface area contributed by atoms with Gasteiger partial charge in [0.15, 0.2) is 5.92 Å². The first-order valence-corrected chi connectivity index (χ1v) is 3.39. The lowest BCUT2D eigenvalue weighted by atomic mass is 10.0. The molecule has 0 saturated heterocycles. The van der Waals surface area contributed by atoms with Gasteiger partial charge in [-0.25, -0.2) is 0 Å². The molecule has 3 N–H and O–H groups in total. The highest BCUT2D eigenvalue weighted by molar-refractivity contribution is 5.70. The third kappa shape index (κ3) is 3.56. The zero-order valence-corrected chi connectivity index (χ0v) is 6.27. The smallest absolute Gasteiger partial charge is 0.402 e. The Labute approximate surface area is 67.4 Å². The van der Waals surface area contributed by atoms with Crippen LogP contribution in [-0.4, -0.2) is 23.8 Å². The Hall–Kier alpha value is -0.780. The average Bonchev–Trinajstić information content (AvgIpc) is 1.84. The molecule has 72 valence electrons. The van der Waals surface area contributed by atoms with Crippen LogP contribution < -0.4 is 5.73 Å². The first-order valence-electron chi connectivity index (χ1n) is 3.39. The van der Waals surface area contributed by atoms with Crippen LogP contribution in [0.25, 0.3) is 0 Å². The van der Waals surface area contributed by atoms with Crippen LogP contribution >= 0.6 is 0 Å². The number of halogens is 3. The summed E-state index contributed by atoms with van der Waals surface area (Å²) in [5.74, 6) is -4.11. The van der Waals surface area contributed by atoms with E-state index in [4.69, 9.17) is 10.8 Å². The maximum absolute atomic E-state index is 11.9. The van der Waals surface area contributed by atoms with Crippen molar-refractivity contribution in [3.63, 3.8) is 0 Å². The molecule has 1 unspecified atom stereocenters. The summed E-state index contributed by atoms with van der Waals surface area (Å²) >= 11 is 0. The molecule has 0 rings (SSSR count). The summed E-state index contributed by atoms with van der Waals surface area (Å²) < 4.78 is 35.6. The molecule has 0 bridgehead atoms. The molecule has 1 atom stereocenters. The Morgan fingerprint density at radius 1 is 1.50 bits per heavy atom. The number of carboxylic acids is 1. The zero-order valence-electron chi connectivity index (χ0n) is 6.27. The highest BCUT2D eigenvalue weighted by Gasteiger charge is 2.44. The summed E-state index contributed by atoms with van der Waals surface area (Å²) in [6.45, 7) is 0.0693. The molecule has 0 fully saturated rings. The molecular formula is C6H10F3NO2. The third-order valence-corrected chi connectivity index (χ3v) is 1.39. The van der Waals surface area contributed by atoms with E-state index >= 15 is 0 Å². The lowest BCUT2D eigenvalue weighted by Gasteiger charge is -2.14. The normalized spacial score (nSPS) is 14.3. The summed E-state index contributed by atoms with van der Waals surface area (Å²) in [7, 11) is 0. The van der Waals surface area contributed by atoms with Crippen molar-refractivity contribution in [2.45, 2.75) is 19.0 Å². The molecule has 0 aliphatic carbocycles. The largest absolute Gasteiger partial charge is 0.481 e. The summed E-state index contributed by atoms with van der Waals surface area (Å²) in [5.41, 5.74) is 4.96. The first-order chi connectivity index (χ1) is 5.39. The van der Waals surface area contributed by atoms with Gasteiger partial charge in [-0.1, -0.05) is 0 Å². The fourth-order valence-electron chi connectivity index (χ4n) is 0.749. The summed E-state index contributed by atoms with van der Waals surface area (Å²) in [6.07, 6.45) is -5.05. The van der Waals surface area contributed by atoms with Crippen LogP contribution in [0.2, 0.25) is 0 Å². The van der Waals surface area contributed by atoms with Crippen molar-refractivity contribution >= 4 is 5.97 Å². The first kappa shape index (κ1) is 11.2. The highest BCUT2D eigenvalue weighted by atomic mass is 19.4. The van der Waals surface area contributed by atoms with E-state index in [2.05, 4.69) is 0 Å². The van der Waals surface area contributed by atoms with Crippen molar-refractivity contribution < 1.29 is 23.1 Å². The number of alkyl halides is 3. The Morgan fingerprint density at radius 2 is 2.00 bits per heavy atom. The fraction of sp³-hybridized carbons (Fsp3) is 0.833. The second-order valence-electron chi connectivity index (χ2n) is 2.36. The van der Waals surface area contributed by atoms with Crippen molar-refractivity contribution in [1.29, 1.82) is 0 Å². The molecular weight excluding hydrogens is 175 g/mol. The molecule has 0 heterocycles. The molecule has 0 aromatic heterocycles. The van der Waals surface area contributed by atoms with E-state index in [1.165, 1.54) is 0 Å². The number of hydrogen-bond acceptors (Lipinski definition) is 2. The number of rotatable bonds is 4. The van der Waals surface area contributed by atoms with Crippen LogP contribution in [0, 0.1) is 5.92 Å². The monoisotopic (exact) mass is 185 g/mol. The number of hydrogen-bond donors (Lipinski definition) is 2. The van der Waals surface area contributed by atoms with E-state index in [1.807, 2.05) is 0 Å². The standard InChI is InChI=1S/C6H10F3NO2/c7-6(8,9)4(5(11)12)2-1-3-10/h4H,1-3,10H2,(H,11,12). The molecule has 12 heavy (non-hydrogen) atoms. The quantitative estimate of drug-likeness (QED) is 0.686. The van der Waals surface area contributed by atoms with E-state index < -0.39 is 24.5 Å². The average molecular weight is 185 g/mol. The van der Waals surface area contributed by atoms with Crippen LogP contribution in [0.15, 0.2) is 0 Å². The van der Waals surface area contributed by atoms with Gasteiger partial charge in [-0.3, -0.25) is 4.79 Å². The third-order valence-electron chi connectivity index (χ3n) is 1.39. The minimum atomic E-state index is -4.67. The van der Waals surface area contributed by atoms with Gasteiger partial charge < -0.3 is 10.8 Å². The Balaban J connectivity index is 4.15. The zero-order chi connectivity index (χ0) is 9.78. The number of carbonyl (C=O) groups is 1. The maximum Gasteiger partial charge on any atom is 0.402 e. The fourth-order valence-corrected chi connectivity index (χ4v) is 0.749. The summed E-state index contributed by atoms with van der Waals surface area (Å²) in [6, 6.07) is 0. The van der Waals surface area contributed by atoms with E-state index in [9.17, 15) is 18.0 Å². The predicted octanol–water partition coefficient (Wildman–Crippen LogP) is 0.988. The van der Waals surface area contributed by atoms with Crippen molar-refractivity contribution in [2.75, 3.05) is 6.54 Å². The molecule has 0 aromatic rings.